The number of rotatable bonds is 38. The summed E-state index contributed by atoms with van der Waals surface area (Å²) in [5.74, 6) is -0.136. The predicted molar refractivity (Wildman–Crippen MR) is 213 cm³/mol. The third-order valence-electron chi connectivity index (χ3n) is 9.38. The first-order valence-electron chi connectivity index (χ1n) is 21.3. The quantitative estimate of drug-likeness (QED) is 0.0338. The number of hydrogen-bond donors (Lipinski definition) is 3. The van der Waals surface area contributed by atoms with Gasteiger partial charge in [0.15, 0.2) is 0 Å². The molecule has 0 fully saturated rings. The zero-order valence-electron chi connectivity index (χ0n) is 32.9. The van der Waals surface area contributed by atoms with Crippen molar-refractivity contribution >= 4 is 11.9 Å². The van der Waals surface area contributed by atoms with Crippen LogP contribution in [0.2, 0.25) is 0 Å². The smallest absolute Gasteiger partial charge is 0.305 e. The van der Waals surface area contributed by atoms with E-state index in [0.717, 1.165) is 83.5 Å². The number of unbranched alkanes of at least 4 members (excludes halogenated alkanes) is 23. The minimum atomic E-state index is -0.858. The zero-order chi connectivity index (χ0) is 36.6. The molecule has 0 aliphatic rings. The third-order valence-corrected chi connectivity index (χ3v) is 9.38. The van der Waals surface area contributed by atoms with Gasteiger partial charge in [-0.15, -0.1) is 0 Å². The van der Waals surface area contributed by atoms with Gasteiger partial charge >= 0.3 is 5.97 Å². The fourth-order valence-electron chi connectivity index (χ4n) is 6.02. The number of esters is 1. The second kappa shape index (κ2) is 39.9. The fourth-order valence-corrected chi connectivity index (χ4v) is 6.02. The number of allylic oxidation sites excluding steroid dienone is 5. The number of aliphatic hydroxyl groups excluding tert-OH is 2. The van der Waals surface area contributed by atoms with Crippen molar-refractivity contribution in [3.63, 3.8) is 0 Å². The number of nitrogens with one attached hydrogen (secondary N) is 1. The fraction of sp³-hybridized carbons (Fsp3) is 0.818. The first-order chi connectivity index (χ1) is 24.5. The van der Waals surface area contributed by atoms with Crippen molar-refractivity contribution in [1.82, 2.24) is 5.32 Å². The monoisotopic (exact) mass is 704 g/mol. The van der Waals surface area contributed by atoms with Gasteiger partial charge in [0.2, 0.25) is 5.91 Å². The lowest BCUT2D eigenvalue weighted by molar-refractivity contribution is -0.143. The summed E-state index contributed by atoms with van der Waals surface area (Å²) in [6, 6.07) is -0.644. The van der Waals surface area contributed by atoms with Crippen molar-refractivity contribution in [1.29, 1.82) is 0 Å². The largest absolute Gasteiger partial charge is 0.466 e. The molecule has 0 aromatic rings. The van der Waals surface area contributed by atoms with Crippen LogP contribution in [0.25, 0.3) is 0 Å². The van der Waals surface area contributed by atoms with Gasteiger partial charge < -0.3 is 20.3 Å². The van der Waals surface area contributed by atoms with E-state index in [1.165, 1.54) is 96.3 Å². The normalized spacial score (nSPS) is 13.1. The van der Waals surface area contributed by atoms with Gasteiger partial charge in [0.25, 0.3) is 0 Å². The molecule has 0 spiro atoms. The van der Waals surface area contributed by atoms with Crippen LogP contribution in [0.5, 0.6) is 0 Å². The maximum absolute atomic E-state index is 12.3. The number of amides is 1. The summed E-state index contributed by atoms with van der Waals surface area (Å²) in [6.07, 6.45) is 45.5. The van der Waals surface area contributed by atoms with E-state index in [1.807, 2.05) is 6.08 Å². The number of aliphatic hydroxyl groups is 2. The highest BCUT2D eigenvalue weighted by Crippen LogP contribution is 2.12. The average Bonchev–Trinajstić information content (AvgIpc) is 3.11. The summed E-state index contributed by atoms with van der Waals surface area (Å²) in [5.41, 5.74) is 0. The van der Waals surface area contributed by atoms with Gasteiger partial charge in [-0.3, -0.25) is 9.59 Å². The minimum absolute atomic E-state index is 0.0372. The van der Waals surface area contributed by atoms with Crippen LogP contribution in [-0.4, -0.2) is 47.4 Å². The molecule has 0 aliphatic carbocycles. The SMILES string of the molecule is CCCC/C=C\CCCCCCCC(=O)OCCCCC/C=C\CCCCCCCC(=O)NC(CO)C(O)/C=C/CCCCCCCCCC. The topological polar surface area (TPSA) is 95.9 Å². The van der Waals surface area contributed by atoms with Gasteiger partial charge in [0.05, 0.1) is 25.4 Å². The first-order valence-corrected chi connectivity index (χ1v) is 21.3. The van der Waals surface area contributed by atoms with Gasteiger partial charge in [0, 0.05) is 12.8 Å². The molecule has 0 rings (SSSR count). The van der Waals surface area contributed by atoms with Crippen molar-refractivity contribution in [2.75, 3.05) is 13.2 Å². The molecule has 292 valence electrons. The van der Waals surface area contributed by atoms with E-state index in [4.69, 9.17) is 4.74 Å². The van der Waals surface area contributed by atoms with E-state index in [2.05, 4.69) is 43.5 Å². The molecule has 6 nitrogen and oxygen atoms in total. The number of carbonyl (C=O) groups is 2. The van der Waals surface area contributed by atoms with E-state index in [0.29, 0.717) is 19.4 Å². The summed E-state index contributed by atoms with van der Waals surface area (Å²) < 4.78 is 5.40. The summed E-state index contributed by atoms with van der Waals surface area (Å²) >= 11 is 0. The van der Waals surface area contributed by atoms with Gasteiger partial charge in [-0.05, 0) is 83.5 Å². The van der Waals surface area contributed by atoms with Crippen LogP contribution in [0.3, 0.4) is 0 Å². The van der Waals surface area contributed by atoms with E-state index >= 15 is 0 Å². The molecule has 0 radical (unpaired) electrons. The molecule has 0 saturated heterocycles. The van der Waals surface area contributed by atoms with E-state index < -0.39 is 12.1 Å². The van der Waals surface area contributed by atoms with Gasteiger partial charge in [-0.2, -0.15) is 0 Å². The Bertz CT molecular complexity index is 823. The molecular weight excluding hydrogens is 622 g/mol. The van der Waals surface area contributed by atoms with Crippen molar-refractivity contribution in [2.24, 2.45) is 0 Å². The Morgan fingerprint density at radius 1 is 0.540 bits per heavy atom. The zero-order valence-corrected chi connectivity index (χ0v) is 32.9. The molecule has 0 aromatic heterocycles. The highest BCUT2D eigenvalue weighted by Gasteiger charge is 2.17. The van der Waals surface area contributed by atoms with Gasteiger partial charge in [-0.1, -0.05) is 147 Å². The molecule has 2 atom stereocenters. The highest BCUT2D eigenvalue weighted by molar-refractivity contribution is 5.76. The molecule has 0 aliphatic heterocycles. The van der Waals surface area contributed by atoms with Crippen LogP contribution in [-0.2, 0) is 14.3 Å². The van der Waals surface area contributed by atoms with Crippen molar-refractivity contribution in [3.8, 4) is 0 Å². The molecule has 0 saturated carbocycles. The maximum Gasteiger partial charge on any atom is 0.305 e. The van der Waals surface area contributed by atoms with Crippen LogP contribution >= 0.6 is 0 Å². The average molecular weight is 704 g/mol. The van der Waals surface area contributed by atoms with Crippen LogP contribution < -0.4 is 5.32 Å². The Hall–Kier alpha value is -1.92. The maximum atomic E-state index is 12.3. The van der Waals surface area contributed by atoms with Crippen molar-refractivity contribution < 1.29 is 24.5 Å². The molecule has 3 N–H and O–H groups in total. The Morgan fingerprint density at radius 2 is 0.960 bits per heavy atom. The second-order valence-electron chi connectivity index (χ2n) is 14.3. The third kappa shape index (κ3) is 35.9. The van der Waals surface area contributed by atoms with Gasteiger partial charge in [0.1, 0.15) is 0 Å². The summed E-state index contributed by atoms with van der Waals surface area (Å²) in [4.78, 5) is 24.3. The summed E-state index contributed by atoms with van der Waals surface area (Å²) in [5, 5.41) is 22.8. The van der Waals surface area contributed by atoms with Crippen LogP contribution in [0.1, 0.15) is 206 Å². The van der Waals surface area contributed by atoms with Crippen LogP contribution in [0.4, 0.5) is 0 Å². The molecule has 0 heterocycles. The lowest BCUT2D eigenvalue weighted by Crippen LogP contribution is -2.45. The first kappa shape index (κ1) is 48.1. The Kier molecular flexibility index (Phi) is 38.3. The Morgan fingerprint density at radius 3 is 1.48 bits per heavy atom. The predicted octanol–water partition coefficient (Wildman–Crippen LogP) is 11.8. The van der Waals surface area contributed by atoms with Gasteiger partial charge in [-0.25, -0.2) is 0 Å². The number of hydrogen-bond acceptors (Lipinski definition) is 5. The second-order valence-corrected chi connectivity index (χ2v) is 14.3. The van der Waals surface area contributed by atoms with E-state index in [1.54, 1.807) is 6.08 Å². The van der Waals surface area contributed by atoms with Crippen molar-refractivity contribution in [3.05, 3.63) is 36.5 Å². The van der Waals surface area contributed by atoms with E-state index in [9.17, 15) is 19.8 Å². The Labute approximate surface area is 309 Å². The minimum Gasteiger partial charge on any atom is -0.466 e. The summed E-state index contributed by atoms with van der Waals surface area (Å²) in [6.45, 7) is 4.75. The molecular formula is C44H81NO5. The van der Waals surface area contributed by atoms with Crippen LogP contribution in [0.15, 0.2) is 36.5 Å². The molecule has 1 amide bonds. The molecule has 6 heteroatoms. The lowest BCUT2D eigenvalue weighted by Gasteiger charge is -2.20. The Balaban J connectivity index is 3.57. The number of ether oxygens (including phenoxy) is 1. The highest BCUT2D eigenvalue weighted by atomic mass is 16.5. The molecule has 0 aromatic carbocycles. The van der Waals surface area contributed by atoms with E-state index in [-0.39, 0.29) is 18.5 Å². The van der Waals surface area contributed by atoms with Crippen LogP contribution in [0, 0.1) is 0 Å². The number of carbonyl (C=O) groups excluding carboxylic acids is 2. The molecule has 50 heavy (non-hydrogen) atoms. The standard InChI is InChI=1S/C44H81NO5/c1-3-5-7-9-11-13-17-22-26-30-34-38-44(49)50-39-35-31-27-23-19-16-15-18-21-25-29-33-37-43(48)45-41(40-46)42(47)36-32-28-24-20-14-12-10-8-6-4-2/h9,11,16,19,32,36,41-42,46-47H,3-8,10,12-15,17-18,20-31,33-35,37-40H2,1-2H3,(H,45,48)/b11-9-,19-16-,36-32+. The molecule has 0 bridgehead atoms. The summed E-state index contributed by atoms with van der Waals surface area (Å²) in [7, 11) is 0. The molecule has 2 unspecified atom stereocenters. The van der Waals surface area contributed by atoms with Crippen molar-refractivity contribution in [2.45, 2.75) is 219 Å². The lowest BCUT2D eigenvalue weighted by atomic mass is 10.1.